The lowest BCUT2D eigenvalue weighted by Crippen LogP contribution is -2.41. The summed E-state index contributed by atoms with van der Waals surface area (Å²) in [7, 11) is 1.60. The number of anilines is 1. The molecule has 4 rings (SSSR count). The molecule has 1 atom stereocenters. The first-order valence-electron chi connectivity index (χ1n) is 9.07. The number of amides is 2. The number of nitrogens with one attached hydrogen (secondary N) is 2. The average molecular weight is 366 g/mol. The molecule has 0 saturated carbocycles. The van der Waals surface area contributed by atoms with E-state index in [-0.39, 0.29) is 12.1 Å². The number of likely N-dealkylation sites (tertiary alicyclic amines) is 1. The van der Waals surface area contributed by atoms with Gasteiger partial charge in [0.1, 0.15) is 18.0 Å². The number of rotatable bonds is 4. The number of urea groups is 1. The van der Waals surface area contributed by atoms with E-state index in [0.29, 0.717) is 19.0 Å². The van der Waals surface area contributed by atoms with Gasteiger partial charge < -0.3 is 14.6 Å². The Bertz CT molecular complexity index is 908. The van der Waals surface area contributed by atoms with Crippen LogP contribution >= 0.6 is 0 Å². The molecule has 0 spiro atoms. The van der Waals surface area contributed by atoms with Gasteiger partial charge in [-0.15, -0.1) is 0 Å². The Labute approximate surface area is 157 Å². The minimum atomic E-state index is -0.178. The molecule has 0 bridgehead atoms. The molecule has 8 heteroatoms. The van der Waals surface area contributed by atoms with E-state index in [1.54, 1.807) is 13.2 Å². The molecular weight excluding hydrogens is 344 g/mol. The summed E-state index contributed by atoms with van der Waals surface area (Å²) < 4.78 is 5.08. The van der Waals surface area contributed by atoms with Crippen LogP contribution in [0, 0.1) is 0 Å². The Morgan fingerprint density at radius 1 is 1.33 bits per heavy atom. The zero-order valence-electron chi connectivity index (χ0n) is 15.2. The minimum Gasteiger partial charge on any atom is -0.378 e. The van der Waals surface area contributed by atoms with Crippen LogP contribution in [0.1, 0.15) is 36.8 Å². The molecule has 1 aromatic carbocycles. The van der Waals surface area contributed by atoms with Crippen molar-refractivity contribution >= 4 is 22.9 Å². The summed E-state index contributed by atoms with van der Waals surface area (Å²) in [4.78, 5) is 31.1. The van der Waals surface area contributed by atoms with Crippen LogP contribution in [0.4, 0.5) is 10.6 Å². The zero-order valence-corrected chi connectivity index (χ0v) is 15.2. The van der Waals surface area contributed by atoms with Crippen LogP contribution in [0.5, 0.6) is 0 Å². The first kappa shape index (κ1) is 17.4. The Morgan fingerprint density at radius 3 is 3.07 bits per heavy atom. The maximum Gasteiger partial charge on any atom is 0.323 e. The highest BCUT2D eigenvalue weighted by Gasteiger charge is 2.30. The molecule has 1 saturated heterocycles. The maximum atomic E-state index is 12.9. The van der Waals surface area contributed by atoms with Crippen molar-refractivity contribution in [1.82, 2.24) is 24.8 Å². The zero-order chi connectivity index (χ0) is 18.6. The fourth-order valence-corrected chi connectivity index (χ4v) is 3.46. The third-order valence-electron chi connectivity index (χ3n) is 4.74. The Morgan fingerprint density at radius 2 is 2.22 bits per heavy atom. The van der Waals surface area contributed by atoms with Crippen molar-refractivity contribution in [3.63, 3.8) is 0 Å². The molecule has 1 unspecified atom stereocenters. The average Bonchev–Trinajstić information content (AvgIpc) is 3.13. The second-order valence-corrected chi connectivity index (χ2v) is 6.60. The molecule has 2 N–H and O–H groups in total. The van der Waals surface area contributed by atoms with Gasteiger partial charge in [0.05, 0.1) is 29.4 Å². The fourth-order valence-electron chi connectivity index (χ4n) is 3.46. The summed E-state index contributed by atoms with van der Waals surface area (Å²) >= 11 is 0. The summed E-state index contributed by atoms with van der Waals surface area (Å²) in [5.74, 6) is 1.30. The van der Waals surface area contributed by atoms with Crippen molar-refractivity contribution in [1.29, 1.82) is 0 Å². The van der Waals surface area contributed by atoms with E-state index >= 15 is 0 Å². The quantitative estimate of drug-likeness (QED) is 0.739. The lowest BCUT2D eigenvalue weighted by atomic mass is 10.0. The molecule has 1 aliphatic rings. The fraction of sp³-hybridized carbons (Fsp3) is 0.368. The Kier molecular flexibility index (Phi) is 4.97. The van der Waals surface area contributed by atoms with Gasteiger partial charge in [-0.2, -0.15) is 0 Å². The summed E-state index contributed by atoms with van der Waals surface area (Å²) in [6.07, 6.45) is 4.35. The predicted molar refractivity (Wildman–Crippen MR) is 101 cm³/mol. The summed E-state index contributed by atoms with van der Waals surface area (Å²) in [6, 6.07) is 9.38. The number of fused-ring (bicyclic) bond motifs is 1. The van der Waals surface area contributed by atoms with E-state index < -0.39 is 0 Å². The van der Waals surface area contributed by atoms with E-state index in [9.17, 15) is 4.79 Å². The number of hydrogen-bond acceptors (Lipinski definition) is 5. The van der Waals surface area contributed by atoms with Crippen LogP contribution < -0.4 is 5.32 Å². The highest BCUT2D eigenvalue weighted by Crippen LogP contribution is 2.31. The number of carbonyl (C=O) groups is 1. The third-order valence-corrected chi connectivity index (χ3v) is 4.74. The normalized spacial score (nSPS) is 17.2. The van der Waals surface area contributed by atoms with Crippen LogP contribution in [0.15, 0.2) is 36.7 Å². The van der Waals surface area contributed by atoms with Crippen molar-refractivity contribution in [3.8, 4) is 0 Å². The number of imidazole rings is 1. The number of methoxy groups -OCH3 is 1. The second-order valence-electron chi connectivity index (χ2n) is 6.60. The van der Waals surface area contributed by atoms with E-state index in [1.807, 2.05) is 29.2 Å². The number of carbonyl (C=O) groups excluding carboxylic acids is 1. The third kappa shape index (κ3) is 3.75. The van der Waals surface area contributed by atoms with Gasteiger partial charge in [0.15, 0.2) is 0 Å². The lowest BCUT2D eigenvalue weighted by Gasteiger charge is -2.34. The largest absolute Gasteiger partial charge is 0.378 e. The van der Waals surface area contributed by atoms with Crippen molar-refractivity contribution in [2.24, 2.45) is 0 Å². The highest BCUT2D eigenvalue weighted by atomic mass is 16.5. The number of nitrogens with zero attached hydrogens (tertiary/aromatic N) is 4. The number of ether oxygens (including phenoxy) is 1. The number of H-pyrrole nitrogens is 1. The standard InChI is InChI=1S/C19H22N6O2/c1-27-11-13-10-17(21-12-20-13)24-19(26)25-9-5-4-8-16(25)18-22-14-6-2-3-7-15(14)23-18/h2-3,6-7,10,12,16H,4-5,8-9,11H2,1H3,(H,22,23)(H,20,21,24,26). The van der Waals surface area contributed by atoms with Gasteiger partial charge in [0.2, 0.25) is 0 Å². The van der Waals surface area contributed by atoms with Crippen LogP contribution in [-0.4, -0.2) is 44.5 Å². The summed E-state index contributed by atoms with van der Waals surface area (Å²) in [6.45, 7) is 1.06. The van der Waals surface area contributed by atoms with Gasteiger partial charge >= 0.3 is 6.03 Å². The van der Waals surface area contributed by atoms with Gasteiger partial charge in [-0.25, -0.2) is 19.7 Å². The second kappa shape index (κ2) is 7.71. The number of benzene rings is 1. The Hall–Kier alpha value is -3.00. The summed E-state index contributed by atoms with van der Waals surface area (Å²) in [5, 5.41) is 2.88. The molecule has 140 valence electrons. The molecule has 3 aromatic rings. The van der Waals surface area contributed by atoms with Crippen LogP contribution in [0.2, 0.25) is 0 Å². The molecule has 3 heterocycles. The van der Waals surface area contributed by atoms with E-state index in [1.165, 1.54) is 6.33 Å². The predicted octanol–water partition coefficient (Wildman–Crippen LogP) is 3.26. The van der Waals surface area contributed by atoms with E-state index in [4.69, 9.17) is 9.72 Å². The first-order valence-corrected chi connectivity index (χ1v) is 9.07. The van der Waals surface area contributed by atoms with Crippen LogP contribution in [-0.2, 0) is 11.3 Å². The van der Waals surface area contributed by atoms with Gasteiger partial charge in [-0.05, 0) is 31.4 Å². The molecule has 2 amide bonds. The topological polar surface area (TPSA) is 96.0 Å². The van der Waals surface area contributed by atoms with Gasteiger partial charge in [0, 0.05) is 19.7 Å². The first-order chi connectivity index (χ1) is 13.2. The smallest absolute Gasteiger partial charge is 0.323 e. The molecule has 0 radical (unpaired) electrons. The van der Waals surface area contributed by atoms with Crippen molar-refractivity contribution in [3.05, 3.63) is 48.2 Å². The number of hydrogen-bond donors (Lipinski definition) is 2. The highest BCUT2D eigenvalue weighted by molar-refractivity contribution is 5.88. The van der Waals surface area contributed by atoms with Crippen molar-refractivity contribution in [2.75, 3.05) is 19.0 Å². The van der Waals surface area contributed by atoms with Crippen molar-refractivity contribution in [2.45, 2.75) is 31.9 Å². The number of para-hydroxylation sites is 2. The molecule has 1 aliphatic heterocycles. The molecule has 27 heavy (non-hydrogen) atoms. The lowest BCUT2D eigenvalue weighted by molar-refractivity contribution is 0.160. The number of piperidine rings is 1. The van der Waals surface area contributed by atoms with Crippen LogP contribution in [0.25, 0.3) is 11.0 Å². The number of aromatic amines is 1. The molecule has 1 fully saturated rings. The minimum absolute atomic E-state index is 0.0774. The molecule has 2 aromatic heterocycles. The maximum absolute atomic E-state index is 12.9. The van der Waals surface area contributed by atoms with Gasteiger partial charge in [-0.1, -0.05) is 12.1 Å². The SMILES string of the molecule is COCc1cc(NC(=O)N2CCCCC2c2nc3ccccc3[nH]2)ncn1. The summed E-state index contributed by atoms with van der Waals surface area (Å²) in [5.41, 5.74) is 2.62. The molecule has 0 aliphatic carbocycles. The van der Waals surface area contributed by atoms with Gasteiger partial charge in [-0.3, -0.25) is 5.32 Å². The number of aromatic nitrogens is 4. The van der Waals surface area contributed by atoms with Crippen LogP contribution in [0.3, 0.4) is 0 Å². The van der Waals surface area contributed by atoms with Gasteiger partial charge in [0.25, 0.3) is 0 Å². The van der Waals surface area contributed by atoms with Crippen molar-refractivity contribution < 1.29 is 9.53 Å². The van der Waals surface area contributed by atoms with E-state index in [0.717, 1.165) is 41.8 Å². The monoisotopic (exact) mass is 366 g/mol. The molecular formula is C19H22N6O2. The Balaban J connectivity index is 1.54. The molecule has 8 nitrogen and oxygen atoms in total. The van der Waals surface area contributed by atoms with E-state index in [2.05, 4.69) is 20.3 Å².